The van der Waals surface area contributed by atoms with E-state index in [2.05, 4.69) is 25.7 Å². The fraction of sp³-hybridized carbons (Fsp3) is 0.143. The highest BCUT2D eigenvalue weighted by atomic mass is 16.2. The van der Waals surface area contributed by atoms with E-state index in [4.69, 9.17) is 0 Å². The SMILES string of the molecule is Cn1ccnc1C(NC(=O)c1cn[nH]n1)c1ccccc1. The Kier molecular flexibility index (Phi) is 3.46. The molecule has 2 N–H and O–H groups in total. The Morgan fingerprint density at radius 3 is 2.76 bits per heavy atom. The van der Waals surface area contributed by atoms with E-state index in [0.717, 1.165) is 11.4 Å². The number of aromatic nitrogens is 5. The summed E-state index contributed by atoms with van der Waals surface area (Å²) in [7, 11) is 1.89. The van der Waals surface area contributed by atoms with Gasteiger partial charge in [0.1, 0.15) is 11.9 Å². The van der Waals surface area contributed by atoms with Gasteiger partial charge in [0.25, 0.3) is 5.91 Å². The zero-order valence-electron chi connectivity index (χ0n) is 11.4. The highest BCUT2D eigenvalue weighted by Crippen LogP contribution is 2.20. The molecule has 1 amide bonds. The number of nitrogens with zero attached hydrogens (tertiary/aromatic N) is 4. The first kappa shape index (κ1) is 13.0. The van der Waals surface area contributed by atoms with Gasteiger partial charge in [-0.1, -0.05) is 30.3 Å². The maximum Gasteiger partial charge on any atom is 0.274 e. The number of aryl methyl sites for hydroxylation is 1. The average molecular weight is 282 g/mol. The van der Waals surface area contributed by atoms with Crippen LogP contribution in [0.15, 0.2) is 48.9 Å². The second-order valence-electron chi connectivity index (χ2n) is 4.57. The monoisotopic (exact) mass is 282 g/mol. The second kappa shape index (κ2) is 5.58. The molecule has 7 heteroatoms. The third-order valence-electron chi connectivity index (χ3n) is 3.17. The lowest BCUT2D eigenvalue weighted by Crippen LogP contribution is -2.31. The van der Waals surface area contributed by atoms with E-state index < -0.39 is 0 Å². The summed E-state index contributed by atoms with van der Waals surface area (Å²) in [5.41, 5.74) is 1.19. The van der Waals surface area contributed by atoms with Crippen molar-refractivity contribution in [1.29, 1.82) is 0 Å². The molecule has 0 fully saturated rings. The van der Waals surface area contributed by atoms with Crippen LogP contribution in [0, 0.1) is 0 Å². The van der Waals surface area contributed by atoms with E-state index in [-0.39, 0.29) is 17.6 Å². The topological polar surface area (TPSA) is 88.5 Å². The third-order valence-corrected chi connectivity index (χ3v) is 3.17. The number of benzene rings is 1. The van der Waals surface area contributed by atoms with Gasteiger partial charge in [-0.25, -0.2) is 4.98 Å². The van der Waals surface area contributed by atoms with E-state index in [1.165, 1.54) is 6.20 Å². The smallest absolute Gasteiger partial charge is 0.274 e. The average Bonchev–Trinajstić information content (AvgIpc) is 3.17. The number of H-pyrrole nitrogens is 1. The molecule has 2 heterocycles. The molecule has 1 unspecified atom stereocenters. The van der Waals surface area contributed by atoms with Crippen LogP contribution in [0.5, 0.6) is 0 Å². The van der Waals surface area contributed by atoms with Crippen LogP contribution in [0.3, 0.4) is 0 Å². The Hall–Kier alpha value is -2.96. The highest BCUT2D eigenvalue weighted by molar-refractivity contribution is 5.92. The molecule has 0 saturated heterocycles. The fourth-order valence-corrected chi connectivity index (χ4v) is 2.11. The van der Waals surface area contributed by atoms with E-state index in [1.807, 2.05) is 48.1 Å². The molecule has 0 radical (unpaired) electrons. The molecular formula is C14H14N6O. The lowest BCUT2D eigenvalue weighted by atomic mass is 10.1. The standard InChI is InChI=1S/C14H14N6O/c1-20-8-7-15-13(20)12(10-5-3-2-4-6-10)17-14(21)11-9-16-19-18-11/h2-9,12H,1H3,(H,17,21)(H,16,18,19). The number of imidazole rings is 1. The summed E-state index contributed by atoms with van der Waals surface area (Å²) in [6.07, 6.45) is 4.93. The predicted octanol–water partition coefficient (Wildman–Crippen LogP) is 1.06. The summed E-state index contributed by atoms with van der Waals surface area (Å²) in [5.74, 6) is 0.443. The lowest BCUT2D eigenvalue weighted by Gasteiger charge is -2.18. The minimum absolute atomic E-state index is 0.241. The van der Waals surface area contributed by atoms with Crippen molar-refractivity contribution >= 4 is 5.91 Å². The fourth-order valence-electron chi connectivity index (χ4n) is 2.11. The Labute approximate surface area is 121 Å². The van der Waals surface area contributed by atoms with Crippen LogP contribution in [0.1, 0.15) is 27.9 Å². The summed E-state index contributed by atoms with van der Waals surface area (Å²) < 4.78 is 1.88. The number of nitrogens with one attached hydrogen (secondary N) is 2. The van der Waals surface area contributed by atoms with Crippen LogP contribution in [-0.2, 0) is 7.05 Å². The number of amides is 1. The third kappa shape index (κ3) is 2.66. The summed E-state index contributed by atoms with van der Waals surface area (Å²) in [5, 5.41) is 12.8. The molecule has 21 heavy (non-hydrogen) atoms. The molecule has 0 spiro atoms. The Morgan fingerprint density at radius 2 is 2.14 bits per heavy atom. The molecule has 1 aromatic carbocycles. The van der Waals surface area contributed by atoms with Gasteiger partial charge in [-0.3, -0.25) is 4.79 Å². The maximum absolute atomic E-state index is 12.2. The summed E-state index contributed by atoms with van der Waals surface area (Å²) in [4.78, 5) is 16.6. The molecular weight excluding hydrogens is 268 g/mol. The quantitative estimate of drug-likeness (QED) is 0.749. The number of rotatable bonds is 4. The largest absolute Gasteiger partial charge is 0.337 e. The summed E-state index contributed by atoms with van der Waals surface area (Å²) in [6, 6.07) is 9.32. The molecule has 3 aromatic rings. The molecule has 0 aliphatic carbocycles. The van der Waals surface area contributed by atoms with Gasteiger partial charge in [0.15, 0.2) is 5.69 Å². The first-order valence-electron chi connectivity index (χ1n) is 6.44. The zero-order valence-corrected chi connectivity index (χ0v) is 11.4. The number of hydrogen-bond acceptors (Lipinski definition) is 4. The lowest BCUT2D eigenvalue weighted by molar-refractivity contribution is 0.0936. The highest BCUT2D eigenvalue weighted by Gasteiger charge is 2.22. The van der Waals surface area contributed by atoms with Gasteiger partial charge >= 0.3 is 0 Å². The van der Waals surface area contributed by atoms with Crippen LogP contribution in [0.25, 0.3) is 0 Å². The predicted molar refractivity (Wildman–Crippen MR) is 75.3 cm³/mol. The van der Waals surface area contributed by atoms with E-state index in [9.17, 15) is 4.79 Å². The number of hydrogen-bond donors (Lipinski definition) is 2. The van der Waals surface area contributed by atoms with Gasteiger partial charge in [-0.2, -0.15) is 15.4 Å². The van der Waals surface area contributed by atoms with Crippen molar-refractivity contribution in [3.05, 3.63) is 66.0 Å². The number of carbonyl (C=O) groups excluding carboxylic acids is 1. The van der Waals surface area contributed by atoms with Gasteiger partial charge < -0.3 is 9.88 Å². The van der Waals surface area contributed by atoms with E-state index in [0.29, 0.717) is 0 Å². The van der Waals surface area contributed by atoms with Crippen LogP contribution in [-0.4, -0.2) is 30.9 Å². The zero-order chi connectivity index (χ0) is 14.7. The van der Waals surface area contributed by atoms with Crippen LogP contribution in [0.2, 0.25) is 0 Å². The van der Waals surface area contributed by atoms with Crippen molar-refractivity contribution in [2.24, 2.45) is 7.05 Å². The van der Waals surface area contributed by atoms with Crippen molar-refractivity contribution in [2.45, 2.75) is 6.04 Å². The Morgan fingerprint density at radius 1 is 1.33 bits per heavy atom. The van der Waals surface area contributed by atoms with Crippen molar-refractivity contribution in [1.82, 2.24) is 30.3 Å². The molecule has 7 nitrogen and oxygen atoms in total. The molecule has 106 valence electrons. The first-order chi connectivity index (χ1) is 10.3. The molecule has 0 bridgehead atoms. The van der Waals surface area contributed by atoms with Crippen molar-refractivity contribution < 1.29 is 4.79 Å². The molecule has 0 aliphatic heterocycles. The van der Waals surface area contributed by atoms with Crippen molar-refractivity contribution in [3.63, 3.8) is 0 Å². The minimum atomic E-state index is -0.351. The van der Waals surface area contributed by atoms with E-state index in [1.54, 1.807) is 6.20 Å². The minimum Gasteiger partial charge on any atom is -0.337 e. The molecule has 0 aliphatic rings. The molecule has 1 atom stereocenters. The molecule has 3 rings (SSSR count). The van der Waals surface area contributed by atoms with Crippen molar-refractivity contribution in [2.75, 3.05) is 0 Å². The summed E-state index contributed by atoms with van der Waals surface area (Å²) in [6.45, 7) is 0. The second-order valence-corrected chi connectivity index (χ2v) is 4.57. The van der Waals surface area contributed by atoms with Gasteiger partial charge in [0.05, 0.1) is 6.20 Å². The molecule has 0 saturated carbocycles. The van der Waals surface area contributed by atoms with Gasteiger partial charge in [-0.05, 0) is 5.56 Å². The number of aromatic amines is 1. The van der Waals surface area contributed by atoms with Crippen LogP contribution < -0.4 is 5.32 Å². The Bertz CT molecular complexity index is 719. The van der Waals surface area contributed by atoms with Gasteiger partial charge in [0.2, 0.25) is 0 Å². The maximum atomic E-state index is 12.2. The first-order valence-corrected chi connectivity index (χ1v) is 6.44. The van der Waals surface area contributed by atoms with Crippen LogP contribution >= 0.6 is 0 Å². The van der Waals surface area contributed by atoms with Crippen molar-refractivity contribution in [3.8, 4) is 0 Å². The summed E-state index contributed by atoms with van der Waals surface area (Å²) >= 11 is 0. The van der Waals surface area contributed by atoms with Crippen LogP contribution in [0.4, 0.5) is 0 Å². The van der Waals surface area contributed by atoms with E-state index >= 15 is 0 Å². The Balaban J connectivity index is 1.94. The number of carbonyl (C=O) groups is 1. The van der Waals surface area contributed by atoms with Gasteiger partial charge in [-0.15, -0.1) is 0 Å². The van der Waals surface area contributed by atoms with Gasteiger partial charge in [0, 0.05) is 19.4 Å². The normalized spacial score (nSPS) is 12.0. The molecule has 2 aromatic heterocycles.